The van der Waals surface area contributed by atoms with Gasteiger partial charge in [0.05, 0.1) is 12.7 Å². The van der Waals surface area contributed by atoms with Crippen LogP contribution in [0, 0.1) is 0 Å². The molecule has 0 saturated carbocycles. The Hall–Kier alpha value is -0.460. The predicted molar refractivity (Wildman–Crippen MR) is 60.3 cm³/mol. The van der Waals surface area contributed by atoms with Crippen LogP contribution in [0.4, 0.5) is 0 Å². The van der Waals surface area contributed by atoms with Crippen molar-refractivity contribution in [1.82, 2.24) is 0 Å². The van der Waals surface area contributed by atoms with Crippen LogP contribution in [-0.4, -0.2) is 48.2 Å². The maximum atomic E-state index is 10.1. The summed E-state index contributed by atoms with van der Waals surface area (Å²) >= 11 is 0. The van der Waals surface area contributed by atoms with E-state index in [9.17, 15) is 5.11 Å². The highest BCUT2D eigenvalue weighted by molar-refractivity contribution is 4.95. The van der Waals surface area contributed by atoms with E-state index in [1.165, 1.54) is 0 Å². The standard InChI is InChI=1S/C12H20O5/c1-5-6-14-11-8(13)10-9(7(2)15-11)16-12(3,4)17-10/h5,7-11,13H,1,6H2,2-4H3/t7-,8-,9+,10-,11+/m0/s1. The topological polar surface area (TPSA) is 57.2 Å². The molecule has 0 amide bonds. The Balaban J connectivity index is 2.07. The SMILES string of the molecule is C=CCO[C@@H]1O[C@@H](C)[C@H]2OC(C)(C)O[C@H]2[C@@H]1O. The van der Waals surface area contributed by atoms with Crippen LogP contribution in [0.3, 0.4) is 0 Å². The highest BCUT2D eigenvalue weighted by Crippen LogP contribution is 2.37. The molecule has 2 aliphatic rings. The molecular weight excluding hydrogens is 224 g/mol. The largest absolute Gasteiger partial charge is 0.385 e. The van der Waals surface area contributed by atoms with Crippen molar-refractivity contribution in [2.45, 2.75) is 57.3 Å². The summed E-state index contributed by atoms with van der Waals surface area (Å²) in [5.41, 5.74) is 0. The quantitative estimate of drug-likeness (QED) is 0.745. The van der Waals surface area contributed by atoms with E-state index >= 15 is 0 Å². The molecule has 0 bridgehead atoms. The number of hydrogen-bond acceptors (Lipinski definition) is 5. The van der Waals surface area contributed by atoms with Gasteiger partial charge in [0.25, 0.3) is 0 Å². The van der Waals surface area contributed by atoms with E-state index < -0.39 is 24.3 Å². The second-order valence-electron chi connectivity index (χ2n) is 4.89. The van der Waals surface area contributed by atoms with Crippen molar-refractivity contribution in [2.75, 3.05) is 6.61 Å². The van der Waals surface area contributed by atoms with Gasteiger partial charge < -0.3 is 24.1 Å². The molecule has 2 aliphatic heterocycles. The van der Waals surface area contributed by atoms with E-state index in [4.69, 9.17) is 18.9 Å². The summed E-state index contributed by atoms with van der Waals surface area (Å²) in [6, 6.07) is 0. The molecule has 2 fully saturated rings. The number of ether oxygens (including phenoxy) is 4. The molecule has 17 heavy (non-hydrogen) atoms. The number of aliphatic hydroxyl groups excluding tert-OH is 1. The van der Waals surface area contributed by atoms with Crippen molar-refractivity contribution in [3.63, 3.8) is 0 Å². The van der Waals surface area contributed by atoms with Gasteiger partial charge in [-0.1, -0.05) is 6.08 Å². The van der Waals surface area contributed by atoms with Crippen molar-refractivity contribution in [3.05, 3.63) is 12.7 Å². The average Bonchev–Trinajstić information content (AvgIpc) is 2.58. The van der Waals surface area contributed by atoms with Crippen LogP contribution < -0.4 is 0 Å². The third-order valence-electron chi connectivity index (χ3n) is 2.97. The van der Waals surface area contributed by atoms with Gasteiger partial charge in [-0.05, 0) is 20.8 Å². The van der Waals surface area contributed by atoms with Crippen LogP contribution in [0.25, 0.3) is 0 Å². The normalized spacial score (nSPS) is 44.4. The first kappa shape index (κ1) is 13.0. The summed E-state index contributed by atoms with van der Waals surface area (Å²) in [7, 11) is 0. The predicted octanol–water partition coefficient (Wildman–Crippen LogP) is 0.815. The molecule has 0 unspecified atom stereocenters. The van der Waals surface area contributed by atoms with E-state index in [1.807, 2.05) is 20.8 Å². The molecule has 2 rings (SSSR count). The van der Waals surface area contributed by atoms with Gasteiger partial charge in [-0.15, -0.1) is 6.58 Å². The fourth-order valence-corrected chi connectivity index (χ4v) is 2.27. The second kappa shape index (κ2) is 4.66. The van der Waals surface area contributed by atoms with Crippen LogP contribution in [-0.2, 0) is 18.9 Å². The Labute approximate surface area is 101 Å². The molecular formula is C12H20O5. The van der Waals surface area contributed by atoms with Crippen molar-refractivity contribution < 1.29 is 24.1 Å². The van der Waals surface area contributed by atoms with E-state index in [-0.39, 0.29) is 12.2 Å². The molecule has 5 heteroatoms. The van der Waals surface area contributed by atoms with Gasteiger partial charge in [0, 0.05) is 0 Å². The Kier molecular flexibility index (Phi) is 3.56. The molecule has 5 nitrogen and oxygen atoms in total. The Morgan fingerprint density at radius 1 is 1.35 bits per heavy atom. The molecule has 0 spiro atoms. The average molecular weight is 244 g/mol. The molecule has 0 aromatic carbocycles. The summed E-state index contributed by atoms with van der Waals surface area (Å²) in [6.45, 7) is 9.43. The molecule has 1 N–H and O–H groups in total. The maximum Gasteiger partial charge on any atom is 0.186 e. The zero-order chi connectivity index (χ0) is 12.6. The summed E-state index contributed by atoms with van der Waals surface area (Å²) < 4.78 is 22.3. The van der Waals surface area contributed by atoms with Gasteiger partial charge in [0.15, 0.2) is 12.1 Å². The minimum absolute atomic E-state index is 0.181. The lowest BCUT2D eigenvalue weighted by molar-refractivity contribution is -0.270. The Morgan fingerprint density at radius 2 is 2.00 bits per heavy atom. The van der Waals surface area contributed by atoms with Crippen LogP contribution in [0.1, 0.15) is 20.8 Å². The molecule has 0 aliphatic carbocycles. The molecule has 98 valence electrons. The van der Waals surface area contributed by atoms with Crippen molar-refractivity contribution in [2.24, 2.45) is 0 Å². The van der Waals surface area contributed by atoms with Crippen molar-refractivity contribution in [1.29, 1.82) is 0 Å². The third-order valence-corrected chi connectivity index (χ3v) is 2.97. The number of aliphatic hydroxyl groups is 1. The van der Waals surface area contributed by atoms with Crippen molar-refractivity contribution in [3.8, 4) is 0 Å². The van der Waals surface area contributed by atoms with Gasteiger partial charge in [-0.2, -0.15) is 0 Å². The second-order valence-corrected chi connectivity index (χ2v) is 4.89. The third kappa shape index (κ3) is 2.53. The van der Waals surface area contributed by atoms with Gasteiger partial charge in [0.2, 0.25) is 0 Å². The monoisotopic (exact) mass is 244 g/mol. The highest BCUT2D eigenvalue weighted by Gasteiger charge is 2.53. The highest BCUT2D eigenvalue weighted by atomic mass is 16.8. The minimum Gasteiger partial charge on any atom is -0.385 e. The summed E-state index contributed by atoms with van der Waals surface area (Å²) in [4.78, 5) is 0. The van der Waals surface area contributed by atoms with Crippen LogP contribution in [0.5, 0.6) is 0 Å². The molecule has 2 heterocycles. The molecule has 5 atom stereocenters. The fraction of sp³-hybridized carbons (Fsp3) is 0.833. The first-order chi connectivity index (χ1) is 7.94. The van der Waals surface area contributed by atoms with E-state index in [1.54, 1.807) is 6.08 Å². The van der Waals surface area contributed by atoms with Gasteiger partial charge >= 0.3 is 0 Å². The number of fused-ring (bicyclic) bond motifs is 1. The lowest BCUT2D eigenvalue weighted by Gasteiger charge is -2.38. The van der Waals surface area contributed by atoms with Gasteiger partial charge in [-0.25, -0.2) is 0 Å². The van der Waals surface area contributed by atoms with E-state index in [0.29, 0.717) is 6.61 Å². The van der Waals surface area contributed by atoms with Crippen LogP contribution in [0.2, 0.25) is 0 Å². The lowest BCUT2D eigenvalue weighted by Crippen LogP contribution is -2.56. The van der Waals surface area contributed by atoms with E-state index in [0.717, 1.165) is 0 Å². The first-order valence-corrected chi connectivity index (χ1v) is 5.86. The molecule has 0 aromatic rings. The molecule has 0 radical (unpaired) electrons. The minimum atomic E-state index is -0.849. The molecule has 2 saturated heterocycles. The van der Waals surface area contributed by atoms with E-state index in [2.05, 4.69) is 6.58 Å². The van der Waals surface area contributed by atoms with Crippen LogP contribution >= 0.6 is 0 Å². The van der Waals surface area contributed by atoms with Crippen LogP contribution in [0.15, 0.2) is 12.7 Å². The Bertz CT molecular complexity index is 291. The Morgan fingerprint density at radius 3 is 2.65 bits per heavy atom. The summed E-state index contributed by atoms with van der Waals surface area (Å²) in [5, 5.41) is 10.1. The van der Waals surface area contributed by atoms with Gasteiger partial charge in [-0.3, -0.25) is 0 Å². The maximum absolute atomic E-state index is 10.1. The smallest absolute Gasteiger partial charge is 0.186 e. The lowest BCUT2D eigenvalue weighted by atomic mass is 10.0. The zero-order valence-corrected chi connectivity index (χ0v) is 10.5. The van der Waals surface area contributed by atoms with Gasteiger partial charge in [0.1, 0.15) is 18.3 Å². The van der Waals surface area contributed by atoms with Crippen molar-refractivity contribution >= 4 is 0 Å². The molecule has 0 aromatic heterocycles. The summed E-state index contributed by atoms with van der Waals surface area (Å²) in [5.74, 6) is -0.693. The zero-order valence-electron chi connectivity index (χ0n) is 10.5. The summed E-state index contributed by atoms with van der Waals surface area (Å²) in [6.07, 6.45) is -0.783. The number of hydrogen-bond donors (Lipinski definition) is 1. The number of rotatable bonds is 3. The fourth-order valence-electron chi connectivity index (χ4n) is 2.27. The first-order valence-electron chi connectivity index (χ1n) is 5.86.